The molecule has 0 aliphatic rings. The van der Waals surface area contributed by atoms with E-state index in [0.717, 1.165) is 16.9 Å². The van der Waals surface area contributed by atoms with Gasteiger partial charge in [0, 0.05) is 40.3 Å². The van der Waals surface area contributed by atoms with Crippen molar-refractivity contribution in [3.05, 3.63) is 84.0 Å². The Morgan fingerprint density at radius 3 is 2.50 bits per heavy atom. The quantitative estimate of drug-likeness (QED) is 0.565. The van der Waals surface area contributed by atoms with Crippen molar-refractivity contribution >= 4 is 28.1 Å². The van der Waals surface area contributed by atoms with E-state index in [9.17, 15) is 4.79 Å². The van der Waals surface area contributed by atoms with Gasteiger partial charge in [-0.2, -0.15) is 0 Å². The minimum atomic E-state index is -0.154. The van der Waals surface area contributed by atoms with Gasteiger partial charge in [-0.15, -0.1) is 11.3 Å². The maximum Gasteiger partial charge on any atom is 0.255 e. The van der Waals surface area contributed by atoms with Crippen molar-refractivity contribution in [1.29, 1.82) is 0 Å². The molecular formula is C20H16N4OS. The monoisotopic (exact) mass is 360 g/mol. The van der Waals surface area contributed by atoms with E-state index >= 15 is 0 Å². The summed E-state index contributed by atoms with van der Waals surface area (Å²) in [6, 6.07) is 19.0. The van der Waals surface area contributed by atoms with Gasteiger partial charge in [-0.25, -0.2) is 4.98 Å². The smallest absolute Gasteiger partial charge is 0.255 e. The Hall–Kier alpha value is -3.38. The summed E-state index contributed by atoms with van der Waals surface area (Å²) >= 11 is 1.39. The minimum Gasteiger partial charge on any atom is -0.375 e. The number of nitrogens with two attached hydrogens (primary N) is 1. The molecule has 5 nitrogen and oxygen atoms in total. The van der Waals surface area contributed by atoms with Crippen LogP contribution in [0.5, 0.6) is 0 Å². The van der Waals surface area contributed by atoms with Crippen molar-refractivity contribution in [2.45, 2.75) is 0 Å². The van der Waals surface area contributed by atoms with Crippen LogP contribution < -0.4 is 11.1 Å². The van der Waals surface area contributed by atoms with Crippen LogP contribution in [0.4, 0.5) is 10.8 Å². The van der Waals surface area contributed by atoms with Crippen molar-refractivity contribution in [2.24, 2.45) is 0 Å². The first kappa shape index (κ1) is 16.1. The zero-order valence-corrected chi connectivity index (χ0v) is 14.6. The lowest BCUT2D eigenvalue weighted by atomic mass is 10.1. The van der Waals surface area contributed by atoms with Gasteiger partial charge in [-0.3, -0.25) is 4.79 Å². The molecule has 0 aliphatic heterocycles. The summed E-state index contributed by atoms with van der Waals surface area (Å²) in [7, 11) is 0. The third kappa shape index (κ3) is 3.36. The Kier molecular flexibility index (Phi) is 4.25. The Morgan fingerprint density at radius 1 is 1.04 bits per heavy atom. The number of nitrogens with zero attached hydrogens (tertiary/aromatic N) is 2. The molecule has 26 heavy (non-hydrogen) atoms. The number of hydrogen-bond donors (Lipinski definition) is 2. The van der Waals surface area contributed by atoms with E-state index in [-0.39, 0.29) is 5.91 Å². The van der Waals surface area contributed by atoms with Gasteiger partial charge in [-0.1, -0.05) is 12.1 Å². The number of nitrogens with one attached hydrogen (secondary N) is 1. The molecule has 4 aromatic rings. The van der Waals surface area contributed by atoms with Crippen LogP contribution in [0.1, 0.15) is 10.4 Å². The maximum absolute atomic E-state index is 12.5. The van der Waals surface area contributed by atoms with Crippen molar-refractivity contribution in [1.82, 2.24) is 9.55 Å². The molecular weight excluding hydrogens is 344 g/mol. The third-order valence-corrected chi connectivity index (χ3v) is 4.64. The van der Waals surface area contributed by atoms with Gasteiger partial charge in [0.1, 0.15) is 0 Å². The number of hydrogen-bond acceptors (Lipinski definition) is 4. The highest BCUT2D eigenvalue weighted by atomic mass is 32.1. The fourth-order valence-electron chi connectivity index (χ4n) is 2.67. The van der Waals surface area contributed by atoms with Crippen molar-refractivity contribution in [2.75, 3.05) is 11.1 Å². The number of amides is 1. The summed E-state index contributed by atoms with van der Waals surface area (Å²) in [4.78, 5) is 16.8. The molecule has 0 fully saturated rings. The lowest BCUT2D eigenvalue weighted by Crippen LogP contribution is -2.11. The summed E-state index contributed by atoms with van der Waals surface area (Å²) in [5.41, 5.74) is 9.74. The largest absolute Gasteiger partial charge is 0.375 e. The van der Waals surface area contributed by atoms with E-state index in [1.165, 1.54) is 11.3 Å². The number of carbonyl (C=O) groups excluding carboxylic acids is 1. The standard InChI is InChI=1S/C20H16N4OS/c21-20-23-18(13-26-20)15-4-3-5-16(12-15)22-19(25)14-6-8-17(9-7-14)24-10-1-2-11-24/h1-13H,(H2,21,23)(H,22,25). The first-order chi connectivity index (χ1) is 12.7. The van der Waals surface area contributed by atoms with E-state index in [2.05, 4.69) is 10.3 Å². The second kappa shape index (κ2) is 6.85. The van der Waals surface area contributed by atoms with Crippen LogP contribution in [-0.2, 0) is 0 Å². The van der Waals surface area contributed by atoms with Gasteiger partial charge >= 0.3 is 0 Å². The van der Waals surface area contributed by atoms with Crippen LogP contribution in [0.25, 0.3) is 16.9 Å². The van der Waals surface area contributed by atoms with Crippen LogP contribution in [0.15, 0.2) is 78.4 Å². The van der Waals surface area contributed by atoms with Gasteiger partial charge in [0.25, 0.3) is 5.91 Å². The molecule has 128 valence electrons. The van der Waals surface area contributed by atoms with Gasteiger partial charge in [0.05, 0.1) is 5.69 Å². The zero-order chi connectivity index (χ0) is 17.9. The molecule has 0 saturated heterocycles. The molecule has 0 atom stereocenters. The summed E-state index contributed by atoms with van der Waals surface area (Å²) in [5, 5.41) is 5.35. The number of aromatic nitrogens is 2. The Labute approximate surface area is 154 Å². The van der Waals surface area contributed by atoms with Crippen molar-refractivity contribution in [3.63, 3.8) is 0 Å². The SMILES string of the molecule is Nc1nc(-c2cccc(NC(=O)c3ccc(-n4cccc4)cc3)c2)cs1. The first-order valence-electron chi connectivity index (χ1n) is 8.05. The fourth-order valence-corrected chi connectivity index (χ4v) is 3.24. The van der Waals surface area contributed by atoms with Crippen LogP contribution in [0.2, 0.25) is 0 Å². The molecule has 0 unspecified atom stereocenters. The van der Waals surface area contributed by atoms with Gasteiger partial charge < -0.3 is 15.6 Å². The van der Waals surface area contributed by atoms with Crippen LogP contribution in [0, 0.1) is 0 Å². The van der Waals surface area contributed by atoms with Crippen LogP contribution in [0.3, 0.4) is 0 Å². The molecule has 0 radical (unpaired) electrons. The second-order valence-electron chi connectivity index (χ2n) is 5.74. The Morgan fingerprint density at radius 2 is 1.81 bits per heavy atom. The lowest BCUT2D eigenvalue weighted by molar-refractivity contribution is 0.102. The topological polar surface area (TPSA) is 72.9 Å². The fraction of sp³-hybridized carbons (Fsp3) is 0. The highest BCUT2D eigenvalue weighted by Gasteiger charge is 2.08. The molecule has 2 aromatic carbocycles. The molecule has 2 heterocycles. The van der Waals surface area contributed by atoms with E-state index in [1.807, 2.05) is 83.0 Å². The average molecular weight is 360 g/mol. The summed E-state index contributed by atoms with van der Waals surface area (Å²) in [5.74, 6) is -0.154. The second-order valence-corrected chi connectivity index (χ2v) is 6.63. The summed E-state index contributed by atoms with van der Waals surface area (Å²) in [6.07, 6.45) is 3.93. The van der Waals surface area contributed by atoms with Gasteiger partial charge in [0.15, 0.2) is 5.13 Å². The van der Waals surface area contributed by atoms with Crippen molar-refractivity contribution < 1.29 is 4.79 Å². The number of carbonyl (C=O) groups is 1. The first-order valence-corrected chi connectivity index (χ1v) is 8.93. The number of benzene rings is 2. The third-order valence-electron chi connectivity index (χ3n) is 3.97. The predicted molar refractivity (Wildman–Crippen MR) is 106 cm³/mol. The van der Waals surface area contributed by atoms with E-state index in [1.54, 1.807) is 0 Å². The normalized spacial score (nSPS) is 10.6. The van der Waals surface area contributed by atoms with Crippen LogP contribution >= 0.6 is 11.3 Å². The summed E-state index contributed by atoms with van der Waals surface area (Å²) in [6.45, 7) is 0. The number of rotatable bonds is 4. The predicted octanol–water partition coefficient (Wildman–Crippen LogP) is 4.44. The van der Waals surface area contributed by atoms with Gasteiger partial charge in [-0.05, 0) is 48.5 Å². The van der Waals surface area contributed by atoms with E-state index in [0.29, 0.717) is 16.4 Å². The van der Waals surface area contributed by atoms with Gasteiger partial charge in [0.2, 0.25) is 0 Å². The molecule has 2 aromatic heterocycles. The molecule has 3 N–H and O–H groups in total. The average Bonchev–Trinajstić information content (AvgIpc) is 3.34. The minimum absolute atomic E-state index is 0.154. The Balaban J connectivity index is 1.51. The summed E-state index contributed by atoms with van der Waals surface area (Å²) < 4.78 is 1.99. The molecule has 0 bridgehead atoms. The number of thiazole rings is 1. The maximum atomic E-state index is 12.5. The van der Waals surface area contributed by atoms with Crippen LogP contribution in [-0.4, -0.2) is 15.5 Å². The van der Waals surface area contributed by atoms with Crippen molar-refractivity contribution in [3.8, 4) is 16.9 Å². The molecule has 0 spiro atoms. The number of anilines is 2. The highest BCUT2D eigenvalue weighted by molar-refractivity contribution is 7.13. The molecule has 0 aliphatic carbocycles. The van der Waals surface area contributed by atoms with E-state index in [4.69, 9.17) is 5.73 Å². The zero-order valence-electron chi connectivity index (χ0n) is 13.8. The molecule has 6 heteroatoms. The lowest BCUT2D eigenvalue weighted by Gasteiger charge is -2.08. The van der Waals surface area contributed by atoms with E-state index < -0.39 is 0 Å². The Bertz CT molecular complexity index is 1040. The molecule has 1 amide bonds. The molecule has 0 saturated carbocycles. The highest BCUT2D eigenvalue weighted by Crippen LogP contribution is 2.25. The molecule has 4 rings (SSSR count). The number of nitrogen functional groups attached to an aromatic ring is 1.